The molecule has 0 radical (unpaired) electrons. The van der Waals surface area contributed by atoms with Gasteiger partial charge in [-0.15, -0.1) is 12.4 Å². The molecular weight excluding hydrogens is 272 g/mol. The van der Waals surface area contributed by atoms with Crippen molar-refractivity contribution in [2.45, 2.75) is 58.3 Å². The van der Waals surface area contributed by atoms with Gasteiger partial charge >= 0.3 is 0 Å². The number of amides is 1. The first-order valence-corrected chi connectivity index (χ1v) is 8.23. The molecule has 2 N–H and O–H groups in total. The topological polar surface area (TPSA) is 41.1 Å². The second-order valence-corrected chi connectivity index (χ2v) is 6.60. The van der Waals surface area contributed by atoms with E-state index in [-0.39, 0.29) is 18.3 Å². The minimum Gasteiger partial charge on any atom is -0.356 e. The number of halogens is 1. The summed E-state index contributed by atoms with van der Waals surface area (Å²) in [6, 6.07) is 0. The highest BCUT2D eigenvalue weighted by Gasteiger charge is 2.22. The number of nitrogens with one attached hydrogen (secondary N) is 2. The molecular formula is C16H31ClN2O. The van der Waals surface area contributed by atoms with Gasteiger partial charge in [-0.25, -0.2) is 0 Å². The third kappa shape index (κ3) is 6.01. The van der Waals surface area contributed by atoms with E-state index >= 15 is 0 Å². The molecule has 0 spiro atoms. The van der Waals surface area contributed by atoms with Crippen LogP contribution >= 0.6 is 12.4 Å². The molecule has 2 atom stereocenters. The zero-order chi connectivity index (χ0) is 13.5. The average molecular weight is 303 g/mol. The molecule has 4 heteroatoms. The zero-order valence-corrected chi connectivity index (χ0v) is 13.6. The molecule has 0 bridgehead atoms. The summed E-state index contributed by atoms with van der Waals surface area (Å²) in [4.78, 5) is 12.0. The highest BCUT2D eigenvalue weighted by molar-refractivity contribution is 5.85. The summed E-state index contributed by atoms with van der Waals surface area (Å²) >= 11 is 0. The lowest BCUT2D eigenvalue weighted by Gasteiger charge is -2.28. The van der Waals surface area contributed by atoms with E-state index in [1.54, 1.807) is 0 Å². The Hall–Kier alpha value is -0.280. The minimum absolute atomic E-state index is 0. The number of rotatable bonds is 5. The highest BCUT2D eigenvalue weighted by Crippen LogP contribution is 2.24. The van der Waals surface area contributed by atoms with E-state index < -0.39 is 0 Å². The first-order valence-electron chi connectivity index (χ1n) is 8.23. The van der Waals surface area contributed by atoms with Gasteiger partial charge in [-0.1, -0.05) is 26.2 Å². The Morgan fingerprint density at radius 2 is 1.95 bits per heavy atom. The SMILES string of the molecule is CC(CC(=O)NCC1CCCCC1)C1CCCNC1.Cl. The summed E-state index contributed by atoms with van der Waals surface area (Å²) in [5.41, 5.74) is 0. The first kappa shape index (κ1) is 17.8. The summed E-state index contributed by atoms with van der Waals surface area (Å²) in [6.07, 6.45) is 9.96. The molecule has 2 unspecified atom stereocenters. The molecule has 2 fully saturated rings. The number of hydrogen-bond donors (Lipinski definition) is 2. The number of piperidine rings is 1. The summed E-state index contributed by atoms with van der Waals surface area (Å²) in [7, 11) is 0. The largest absolute Gasteiger partial charge is 0.356 e. The highest BCUT2D eigenvalue weighted by atomic mass is 35.5. The van der Waals surface area contributed by atoms with Crippen LogP contribution in [-0.4, -0.2) is 25.5 Å². The number of hydrogen-bond acceptors (Lipinski definition) is 2. The van der Waals surface area contributed by atoms with Gasteiger partial charge < -0.3 is 10.6 Å². The van der Waals surface area contributed by atoms with E-state index in [2.05, 4.69) is 17.6 Å². The molecule has 2 aliphatic rings. The van der Waals surface area contributed by atoms with Gasteiger partial charge in [-0.2, -0.15) is 0 Å². The van der Waals surface area contributed by atoms with Crippen molar-refractivity contribution in [2.75, 3.05) is 19.6 Å². The molecule has 2 rings (SSSR count). The van der Waals surface area contributed by atoms with Crippen LogP contribution in [0.2, 0.25) is 0 Å². The van der Waals surface area contributed by atoms with Gasteiger partial charge in [-0.05, 0) is 56.5 Å². The normalized spacial score (nSPS) is 25.6. The Bertz CT molecular complexity index is 274. The molecule has 20 heavy (non-hydrogen) atoms. The van der Waals surface area contributed by atoms with Crippen LogP contribution in [0.1, 0.15) is 58.3 Å². The third-order valence-electron chi connectivity index (χ3n) is 4.96. The summed E-state index contributed by atoms with van der Waals surface area (Å²) in [6.45, 7) is 5.39. The molecule has 1 heterocycles. The maximum Gasteiger partial charge on any atom is 0.220 e. The predicted molar refractivity (Wildman–Crippen MR) is 86.2 cm³/mol. The average Bonchev–Trinajstić information content (AvgIpc) is 2.47. The van der Waals surface area contributed by atoms with Crippen LogP contribution in [0.25, 0.3) is 0 Å². The van der Waals surface area contributed by atoms with Gasteiger partial charge in [0.05, 0.1) is 0 Å². The lowest BCUT2D eigenvalue weighted by atomic mass is 9.85. The standard InChI is InChI=1S/C16H30N2O.ClH/c1-13(15-8-5-9-17-12-15)10-16(19)18-11-14-6-3-2-4-7-14;/h13-15,17H,2-12H2,1H3,(H,18,19);1H. The fourth-order valence-corrected chi connectivity index (χ4v) is 3.55. The van der Waals surface area contributed by atoms with Crippen LogP contribution in [0, 0.1) is 17.8 Å². The van der Waals surface area contributed by atoms with E-state index in [9.17, 15) is 4.79 Å². The minimum atomic E-state index is 0. The second kappa shape index (κ2) is 9.62. The van der Waals surface area contributed by atoms with Crippen molar-refractivity contribution in [3.63, 3.8) is 0 Å². The molecule has 0 aromatic rings. The quantitative estimate of drug-likeness (QED) is 0.819. The number of carbonyl (C=O) groups is 1. The van der Waals surface area contributed by atoms with Crippen molar-refractivity contribution in [2.24, 2.45) is 17.8 Å². The number of carbonyl (C=O) groups excluding carboxylic acids is 1. The lowest BCUT2D eigenvalue weighted by molar-refractivity contribution is -0.122. The smallest absolute Gasteiger partial charge is 0.220 e. The Balaban J connectivity index is 0.00000200. The van der Waals surface area contributed by atoms with Gasteiger partial charge in [0.1, 0.15) is 0 Å². The van der Waals surface area contributed by atoms with E-state index in [4.69, 9.17) is 0 Å². The van der Waals surface area contributed by atoms with Crippen LogP contribution in [0.5, 0.6) is 0 Å². The van der Waals surface area contributed by atoms with Crippen LogP contribution in [0.15, 0.2) is 0 Å². The van der Waals surface area contributed by atoms with Crippen LogP contribution in [0.3, 0.4) is 0 Å². The molecule has 1 aliphatic carbocycles. The first-order chi connectivity index (χ1) is 9.25. The van der Waals surface area contributed by atoms with Crippen molar-refractivity contribution in [1.29, 1.82) is 0 Å². The maximum atomic E-state index is 12.0. The van der Waals surface area contributed by atoms with Gasteiger partial charge in [0.15, 0.2) is 0 Å². The fourth-order valence-electron chi connectivity index (χ4n) is 3.55. The van der Waals surface area contributed by atoms with Crippen LogP contribution in [0.4, 0.5) is 0 Å². The zero-order valence-electron chi connectivity index (χ0n) is 12.8. The van der Waals surface area contributed by atoms with Crippen molar-refractivity contribution in [3.05, 3.63) is 0 Å². The van der Waals surface area contributed by atoms with Crippen LogP contribution < -0.4 is 10.6 Å². The molecule has 0 aromatic heterocycles. The van der Waals surface area contributed by atoms with E-state index in [1.807, 2.05) is 0 Å². The summed E-state index contributed by atoms with van der Waals surface area (Å²) in [5, 5.41) is 6.60. The van der Waals surface area contributed by atoms with Gasteiger partial charge in [0.2, 0.25) is 5.91 Å². The Kier molecular flexibility index (Phi) is 8.55. The third-order valence-corrected chi connectivity index (χ3v) is 4.96. The monoisotopic (exact) mass is 302 g/mol. The molecule has 1 saturated carbocycles. The van der Waals surface area contributed by atoms with Crippen molar-refractivity contribution < 1.29 is 4.79 Å². The predicted octanol–water partition coefficient (Wildman–Crippen LogP) is 3.13. The molecule has 3 nitrogen and oxygen atoms in total. The lowest BCUT2D eigenvalue weighted by Crippen LogP contribution is -2.36. The van der Waals surface area contributed by atoms with Crippen LogP contribution in [-0.2, 0) is 4.79 Å². The van der Waals surface area contributed by atoms with Crippen molar-refractivity contribution in [1.82, 2.24) is 10.6 Å². The van der Waals surface area contributed by atoms with E-state index in [0.29, 0.717) is 18.3 Å². The maximum absolute atomic E-state index is 12.0. The second-order valence-electron chi connectivity index (χ2n) is 6.60. The fraction of sp³-hybridized carbons (Fsp3) is 0.938. The summed E-state index contributed by atoms with van der Waals surface area (Å²) in [5.74, 6) is 2.21. The van der Waals surface area contributed by atoms with Gasteiger partial charge in [0.25, 0.3) is 0 Å². The molecule has 1 aliphatic heterocycles. The molecule has 118 valence electrons. The van der Waals surface area contributed by atoms with Crippen molar-refractivity contribution >= 4 is 18.3 Å². The Morgan fingerprint density at radius 3 is 2.60 bits per heavy atom. The molecule has 1 amide bonds. The molecule has 1 saturated heterocycles. The van der Waals surface area contributed by atoms with Gasteiger partial charge in [0, 0.05) is 13.0 Å². The van der Waals surface area contributed by atoms with E-state index in [1.165, 1.54) is 44.9 Å². The Morgan fingerprint density at radius 1 is 1.20 bits per heavy atom. The van der Waals surface area contributed by atoms with Gasteiger partial charge in [-0.3, -0.25) is 4.79 Å². The summed E-state index contributed by atoms with van der Waals surface area (Å²) < 4.78 is 0. The van der Waals surface area contributed by atoms with Crippen molar-refractivity contribution in [3.8, 4) is 0 Å². The van der Waals surface area contributed by atoms with E-state index in [0.717, 1.165) is 25.6 Å². The Labute approximate surface area is 130 Å². The molecule has 0 aromatic carbocycles.